The Morgan fingerprint density at radius 1 is 1.07 bits per heavy atom. The Kier molecular flexibility index (Phi) is 4.13. The Hall–Kier alpha value is 0.459. The molecule has 0 N–H and O–H groups in total. The molecule has 0 radical (unpaired) electrons. The van der Waals surface area contributed by atoms with E-state index in [0.717, 1.165) is 0 Å². The SMILES string of the molecule is ClP(=[Se])(c1ccccc1)C1CCCCC1. The standard InChI is InChI=1S/C12H16ClPSe/c13-14(15,11-7-3-1-4-8-11)12-9-5-2-6-10-12/h1,3-4,7-8,12H,2,5-6,9-10H2. The van der Waals surface area contributed by atoms with Crippen LogP contribution in [0.4, 0.5) is 0 Å². The van der Waals surface area contributed by atoms with E-state index in [1.165, 1.54) is 37.4 Å². The molecule has 0 bridgehead atoms. The first-order chi connectivity index (χ1) is 7.21. The maximum absolute atomic E-state index is 6.80. The van der Waals surface area contributed by atoms with Crippen molar-refractivity contribution in [1.29, 1.82) is 0 Å². The molecular formula is C12H16ClPSe. The van der Waals surface area contributed by atoms with E-state index in [4.69, 9.17) is 11.2 Å². The molecule has 1 unspecified atom stereocenters. The van der Waals surface area contributed by atoms with Gasteiger partial charge in [0.1, 0.15) is 0 Å². The monoisotopic (exact) mass is 306 g/mol. The summed E-state index contributed by atoms with van der Waals surface area (Å²) >= 11 is 10.1. The number of halogens is 1. The molecule has 0 aliphatic heterocycles. The first-order valence-corrected chi connectivity index (χ1v) is 10.5. The summed E-state index contributed by atoms with van der Waals surface area (Å²) < 4.78 is 0. The molecule has 1 aromatic carbocycles. The van der Waals surface area contributed by atoms with Crippen molar-refractivity contribution in [2.45, 2.75) is 37.8 Å². The average Bonchev–Trinajstić information content (AvgIpc) is 2.31. The van der Waals surface area contributed by atoms with E-state index in [0.29, 0.717) is 5.66 Å². The summed E-state index contributed by atoms with van der Waals surface area (Å²) in [5.41, 5.74) is 0.704. The van der Waals surface area contributed by atoms with E-state index < -0.39 is 4.86 Å². The molecule has 82 valence electrons. The summed E-state index contributed by atoms with van der Waals surface area (Å²) in [6, 6.07) is 10.6. The van der Waals surface area contributed by atoms with Crippen LogP contribution < -0.4 is 5.30 Å². The van der Waals surface area contributed by atoms with Crippen molar-refractivity contribution in [3.63, 3.8) is 0 Å². The topological polar surface area (TPSA) is 0 Å². The van der Waals surface area contributed by atoms with Gasteiger partial charge in [-0.25, -0.2) is 0 Å². The summed E-state index contributed by atoms with van der Waals surface area (Å²) in [5.74, 6) is 0. The molecule has 3 heteroatoms. The van der Waals surface area contributed by atoms with Gasteiger partial charge in [0.25, 0.3) is 0 Å². The molecule has 0 heterocycles. The first-order valence-electron chi connectivity index (χ1n) is 5.56. The molecule has 0 aromatic heterocycles. The zero-order valence-electron chi connectivity index (χ0n) is 8.73. The molecule has 1 aliphatic rings. The van der Waals surface area contributed by atoms with Crippen molar-refractivity contribution in [1.82, 2.24) is 0 Å². The number of benzene rings is 1. The van der Waals surface area contributed by atoms with Crippen molar-refractivity contribution < 1.29 is 0 Å². The van der Waals surface area contributed by atoms with Crippen LogP contribution in [0.5, 0.6) is 0 Å². The quantitative estimate of drug-likeness (QED) is 0.574. The average molecular weight is 306 g/mol. The Morgan fingerprint density at radius 2 is 1.67 bits per heavy atom. The number of rotatable bonds is 2. The normalized spacial score (nSPS) is 22.2. The third-order valence-corrected chi connectivity index (χ3v) is 10.2. The predicted molar refractivity (Wildman–Crippen MR) is 71.5 cm³/mol. The van der Waals surface area contributed by atoms with Crippen LogP contribution >= 0.6 is 16.1 Å². The van der Waals surface area contributed by atoms with Crippen LogP contribution in [0.3, 0.4) is 0 Å². The van der Waals surface area contributed by atoms with Crippen LogP contribution in [0.15, 0.2) is 30.3 Å². The van der Waals surface area contributed by atoms with Gasteiger partial charge in [0.05, 0.1) is 0 Å². The fourth-order valence-electron chi connectivity index (χ4n) is 2.26. The van der Waals surface area contributed by atoms with E-state index in [2.05, 4.69) is 45.4 Å². The zero-order chi connectivity index (χ0) is 10.7. The number of hydrogen-bond donors (Lipinski definition) is 0. The molecule has 1 fully saturated rings. The maximum atomic E-state index is 6.80. The second-order valence-electron chi connectivity index (χ2n) is 4.20. The molecule has 1 aromatic rings. The van der Waals surface area contributed by atoms with Crippen LogP contribution in [0.25, 0.3) is 0 Å². The third kappa shape index (κ3) is 2.77. The molecule has 0 saturated heterocycles. The van der Waals surface area contributed by atoms with Crippen molar-refractivity contribution in [2.75, 3.05) is 0 Å². The zero-order valence-corrected chi connectivity index (χ0v) is 12.1. The molecule has 0 amide bonds. The Balaban J connectivity index is 2.22. The van der Waals surface area contributed by atoms with E-state index in [1.54, 1.807) is 0 Å². The van der Waals surface area contributed by atoms with Gasteiger partial charge in [-0.2, -0.15) is 0 Å². The summed E-state index contributed by atoms with van der Waals surface area (Å²) in [4.78, 5) is -1.52. The summed E-state index contributed by atoms with van der Waals surface area (Å²) in [5, 5.41) is 1.33. The van der Waals surface area contributed by atoms with Gasteiger partial charge in [-0.3, -0.25) is 0 Å². The molecular weight excluding hydrogens is 290 g/mol. The second-order valence-corrected chi connectivity index (χ2v) is 13.2. The first kappa shape index (κ1) is 11.9. The van der Waals surface area contributed by atoms with Crippen molar-refractivity contribution in [2.24, 2.45) is 0 Å². The number of hydrogen-bond acceptors (Lipinski definition) is 0. The summed E-state index contributed by atoms with van der Waals surface area (Å²) in [7, 11) is 0. The van der Waals surface area contributed by atoms with Crippen molar-refractivity contribution in [3.8, 4) is 0 Å². The van der Waals surface area contributed by atoms with Crippen molar-refractivity contribution in [3.05, 3.63) is 30.3 Å². The van der Waals surface area contributed by atoms with Gasteiger partial charge < -0.3 is 0 Å². The van der Waals surface area contributed by atoms with E-state index in [-0.39, 0.29) is 0 Å². The Bertz CT molecular complexity index is 357. The van der Waals surface area contributed by atoms with Gasteiger partial charge in [0.2, 0.25) is 0 Å². The Labute approximate surface area is 104 Å². The predicted octanol–water partition coefficient (Wildman–Crippen LogP) is 3.90. The molecule has 0 spiro atoms. The molecule has 1 atom stereocenters. The molecule has 1 saturated carbocycles. The summed E-state index contributed by atoms with van der Waals surface area (Å²) in [6.07, 6.45) is 6.71. The Morgan fingerprint density at radius 3 is 2.27 bits per heavy atom. The fraction of sp³-hybridized carbons (Fsp3) is 0.500. The van der Waals surface area contributed by atoms with Gasteiger partial charge >= 0.3 is 105 Å². The van der Waals surface area contributed by atoms with Gasteiger partial charge in [0.15, 0.2) is 0 Å². The van der Waals surface area contributed by atoms with Crippen LogP contribution in [0.2, 0.25) is 0 Å². The third-order valence-electron chi connectivity index (χ3n) is 3.15. The van der Waals surface area contributed by atoms with Crippen LogP contribution in [0.1, 0.15) is 32.1 Å². The molecule has 2 rings (SSSR count). The molecule has 1 aliphatic carbocycles. The van der Waals surface area contributed by atoms with Crippen LogP contribution in [-0.2, 0) is 0 Å². The van der Waals surface area contributed by atoms with Gasteiger partial charge in [-0.1, -0.05) is 0 Å². The van der Waals surface area contributed by atoms with Gasteiger partial charge in [0, 0.05) is 0 Å². The second kappa shape index (κ2) is 5.19. The van der Waals surface area contributed by atoms with E-state index in [1.807, 2.05) is 0 Å². The van der Waals surface area contributed by atoms with Crippen LogP contribution in [0, 0.1) is 0 Å². The van der Waals surface area contributed by atoms with Gasteiger partial charge in [-0.15, -0.1) is 0 Å². The van der Waals surface area contributed by atoms with Crippen molar-refractivity contribution >= 4 is 36.5 Å². The minimum atomic E-state index is -1.52. The van der Waals surface area contributed by atoms with E-state index >= 15 is 0 Å². The molecule has 15 heavy (non-hydrogen) atoms. The molecule has 0 nitrogen and oxygen atoms in total. The van der Waals surface area contributed by atoms with Gasteiger partial charge in [-0.05, 0) is 0 Å². The summed E-state index contributed by atoms with van der Waals surface area (Å²) in [6.45, 7) is 0. The van der Waals surface area contributed by atoms with Crippen LogP contribution in [-0.4, -0.2) is 20.8 Å². The minimum absolute atomic E-state index is 0.704. The van der Waals surface area contributed by atoms with E-state index in [9.17, 15) is 0 Å². The fourth-order valence-corrected chi connectivity index (χ4v) is 7.30.